The molecule has 29 heavy (non-hydrogen) atoms. The first-order valence-electron chi connectivity index (χ1n) is 9.10. The molecule has 1 aliphatic rings. The maximum Gasteiger partial charge on any atom is 0.266 e. The normalized spacial score (nSPS) is 14.1. The Morgan fingerprint density at radius 3 is 2.03 bits per heavy atom. The number of para-hydroxylation sites is 1. The Balaban J connectivity index is 1.73. The van der Waals surface area contributed by atoms with Gasteiger partial charge in [0.1, 0.15) is 11.5 Å². The summed E-state index contributed by atoms with van der Waals surface area (Å²) in [7, 11) is 3.17. The number of imide groups is 1. The lowest BCUT2D eigenvalue weighted by atomic mass is 10.0. The van der Waals surface area contributed by atoms with E-state index in [2.05, 4.69) is 0 Å². The average molecular weight is 385 g/mol. The van der Waals surface area contributed by atoms with Crippen LogP contribution < -0.4 is 14.4 Å². The quantitative estimate of drug-likeness (QED) is 0.492. The number of benzene rings is 3. The SMILES string of the molecule is COc1ccc(C=C2C(=O)N(C(=O)c3ccc(OC)cc3)c3ccccc32)cc1. The first kappa shape index (κ1) is 18.5. The molecular formula is C24H19NO4. The highest BCUT2D eigenvalue weighted by Crippen LogP contribution is 2.38. The minimum absolute atomic E-state index is 0.345. The van der Waals surface area contributed by atoms with E-state index in [9.17, 15) is 9.59 Å². The highest BCUT2D eigenvalue weighted by atomic mass is 16.5. The number of nitrogens with zero attached hydrogens (tertiary/aromatic N) is 1. The Labute approximate surface area is 168 Å². The lowest BCUT2D eigenvalue weighted by molar-refractivity contribution is -0.112. The summed E-state index contributed by atoms with van der Waals surface area (Å²) in [6, 6.07) is 21.4. The molecule has 0 saturated carbocycles. The maximum atomic E-state index is 13.2. The molecule has 5 nitrogen and oxygen atoms in total. The summed E-state index contributed by atoms with van der Waals surface area (Å²) < 4.78 is 10.3. The van der Waals surface area contributed by atoms with Gasteiger partial charge in [0.15, 0.2) is 0 Å². The lowest BCUT2D eigenvalue weighted by Gasteiger charge is -2.15. The van der Waals surface area contributed by atoms with Gasteiger partial charge in [-0.2, -0.15) is 0 Å². The fourth-order valence-electron chi connectivity index (χ4n) is 3.31. The number of carbonyl (C=O) groups excluding carboxylic acids is 2. The molecule has 3 aromatic rings. The number of hydrogen-bond donors (Lipinski definition) is 0. The van der Waals surface area contributed by atoms with E-state index in [-0.39, 0.29) is 11.8 Å². The van der Waals surface area contributed by atoms with Gasteiger partial charge in [0, 0.05) is 11.1 Å². The van der Waals surface area contributed by atoms with Crippen molar-refractivity contribution in [3.05, 3.63) is 89.5 Å². The Kier molecular flexibility index (Phi) is 4.87. The zero-order valence-electron chi connectivity index (χ0n) is 16.1. The van der Waals surface area contributed by atoms with Crippen molar-refractivity contribution in [3.8, 4) is 11.5 Å². The number of methoxy groups -OCH3 is 2. The van der Waals surface area contributed by atoms with Crippen molar-refractivity contribution < 1.29 is 19.1 Å². The zero-order chi connectivity index (χ0) is 20.4. The Morgan fingerprint density at radius 2 is 1.41 bits per heavy atom. The molecular weight excluding hydrogens is 366 g/mol. The lowest BCUT2D eigenvalue weighted by Crippen LogP contribution is -2.33. The fourth-order valence-corrected chi connectivity index (χ4v) is 3.31. The molecule has 0 saturated heterocycles. The van der Waals surface area contributed by atoms with Crippen LogP contribution in [0.5, 0.6) is 11.5 Å². The van der Waals surface area contributed by atoms with Crippen molar-refractivity contribution in [2.24, 2.45) is 0 Å². The van der Waals surface area contributed by atoms with Gasteiger partial charge in [0.25, 0.3) is 11.8 Å². The minimum atomic E-state index is -0.372. The van der Waals surface area contributed by atoms with E-state index in [1.807, 2.05) is 42.5 Å². The molecule has 1 heterocycles. The van der Waals surface area contributed by atoms with Gasteiger partial charge in [-0.1, -0.05) is 30.3 Å². The molecule has 1 aliphatic heterocycles. The summed E-state index contributed by atoms with van der Waals surface area (Å²) in [6.45, 7) is 0. The summed E-state index contributed by atoms with van der Waals surface area (Å²) in [5, 5.41) is 0. The van der Waals surface area contributed by atoms with Gasteiger partial charge in [0.05, 0.1) is 25.5 Å². The number of rotatable bonds is 4. The monoisotopic (exact) mass is 385 g/mol. The molecule has 0 atom stereocenters. The van der Waals surface area contributed by atoms with Gasteiger partial charge in [-0.25, -0.2) is 4.90 Å². The van der Waals surface area contributed by atoms with Crippen LogP contribution in [0, 0.1) is 0 Å². The Bertz CT molecular complexity index is 1100. The molecule has 0 radical (unpaired) electrons. The van der Waals surface area contributed by atoms with E-state index in [4.69, 9.17) is 9.47 Å². The number of fused-ring (bicyclic) bond motifs is 1. The minimum Gasteiger partial charge on any atom is -0.497 e. The van der Waals surface area contributed by atoms with Crippen LogP contribution in [0.1, 0.15) is 21.5 Å². The van der Waals surface area contributed by atoms with Crippen LogP contribution >= 0.6 is 0 Å². The molecule has 0 aromatic heterocycles. The van der Waals surface area contributed by atoms with E-state index in [1.54, 1.807) is 50.6 Å². The molecule has 0 spiro atoms. The molecule has 2 amide bonds. The number of amides is 2. The molecule has 5 heteroatoms. The highest BCUT2D eigenvalue weighted by molar-refractivity contribution is 6.43. The first-order chi connectivity index (χ1) is 14.1. The van der Waals surface area contributed by atoms with Gasteiger partial charge in [-0.3, -0.25) is 9.59 Å². The molecule has 0 N–H and O–H groups in total. The summed E-state index contributed by atoms with van der Waals surface area (Å²) in [5.41, 5.74) is 3.06. The third-order valence-electron chi connectivity index (χ3n) is 4.84. The number of ether oxygens (including phenoxy) is 2. The third kappa shape index (κ3) is 3.38. The van der Waals surface area contributed by atoms with Crippen LogP contribution in [-0.4, -0.2) is 26.0 Å². The average Bonchev–Trinajstić information content (AvgIpc) is 3.05. The summed E-state index contributed by atoms with van der Waals surface area (Å²) in [5.74, 6) is 0.669. The second kappa shape index (κ2) is 7.64. The molecule has 0 bridgehead atoms. The smallest absolute Gasteiger partial charge is 0.266 e. The Hall–Kier alpha value is -3.86. The van der Waals surface area contributed by atoms with Gasteiger partial charge in [-0.05, 0) is 54.1 Å². The third-order valence-corrected chi connectivity index (χ3v) is 4.84. The summed E-state index contributed by atoms with van der Waals surface area (Å²) >= 11 is 0. The van der Waals surface area contributed by atoms with Crippen molar-refractivity contribution in [1.29, 1.82) is 0 Å². The van der Waals surface area contributed by atoms with E-state index in [0.717, 1.165) is 16.9 Å². The van der Waals surface area contributed by atoms with Gasteiger partial charge in [0.2, 0.25) is 0 Å². The van der Waals surface area contributed by atoms with Gasteiger partial charge >= 0.3 is 0 Å². The van der Waals surface area contributed by atoms with Crippen molar-refractivity contribution in [3.63, 3.8) is 0 Å². The number of anilines is 1. The van der Waals surface area contributed by atoms with E-state index in [0.29, 0.717) is 22.6 Å². The largest absolute Gasteiger partial charge is 0.497 e. The predicted molar refractivity (Wildman–Crippen MR) is 112 cm³/mol. The zero-order valence-corrected chi connectivity index (χ0v) is 16.1. The number of carbonyl (C=O) groups is 2. The van der Waals surface area contributed by atoms with E-state index < -0.39 is 0 Å². The van der Waals surface area contributed by atoms with Crippen LogP contribution in [0.2, 0.25) is 0 Å². The van der Waals surface area contributed by atoms with E-state index >= 15 is 0 Å². The predicted octanol–water partition coefficient (Wildman–Crippen LogP) is 4.43. The van der Waals surface area contributed by atoms with Crippen LogP contribution in [0.25, 0.3) is 11.6 Å². The van der Waals surface area contributed by atoms with Crippen LogP contribution in [0.4, 0.5) is 5.69 Å². The molecule has 0 aliphatic carbocycles. The highest BCUT2D eigenvalue weighted by Gasteiger charge is 2.36. The molecule has 3 aromatic carbocycles. The molecule has 4 rings (SSSR count). The molecule has 0 fully saturated rings. The van der Waals surface area contributed by atoms with Crippen molar-refractivity contribution in [2.45, 2.75) is 0 Å². The second-order valence-corrected chi connectivity index (χ2v) is 6.52. The van der Waals surface area contributed by atoms with Crippen molar-refractivity contribution in [1.82, 2.24) is 0 Å². The fraction of sp³-hybridized carbons (Fsp3) is 0.0833. The second-order valence-electron chi connectivity index (χ2n) is 6.52. The summed E-state index contributed by atoms with van der Waals surface area (Å²) in [6.07, 6.45) is 1.79. The van der Waals surface area contributed by atoms with Crippen molar-refractivity contribution >= 4 is 29.2 Å². The van der Waals surface area contributed by atoms with Crippen LogP contribution in [0.3, 0.4) is 0 Å². The van der Waals surface area contributed by atoms with Crippen molar-refractivity contribution in [2.75, 3.05) is 19.1 Å². The standard InChI is InChI=1S/C24H19NO4/c1-28-18-11-7-16(8-12-18)15-21-20-5-3-4-6-22(20)25(24(21)27)23(26)17-9-13-19(29-2)14-10-17/h3-15H,1-2H3. The van der Waals surface area contributed by atoms with Crippen LogP contribution in [-0.2, 0) is 4.79 Å². The topological polar surface area (TPSA) is 55.8 Å². The first-order valence-corrected chi connectivity index (χ1v) is 9.10. The Morgan fingerprint density at radius 1 is 0.828 bits per heavy atom. The summed E-state index contributed by atoms with van der Waals surface area (Å²) in [4.78, 5) is 27.6. The maximum absolute atomic E-state index is 13.2. The van der Waals surface area contributed by atoms with Gasteiger partial charge in [-0.15, -0.1) is 0 Å². The van der Waals surface area contributed by atoms with Crippen LogP contribution in [0.15, 0.2) is 72.8 Å². The van der Waals surface area contributed by atoms with Gasteiger partial charge < -0.3 is 9.47 Å². The number of hydrogen-bond acceptors (Lipinski definition) is 4. The van der Waals surface area contributed by atoms with E-state index in [1.165, 1.54) is 4.90 Å². The molecule has 0 unspecified atom stereocenters. The molecule has 144 valence electrons.